The molecule has 1 amide bonds. The summed E-state index contributed by atoms with van der Waals surface area (Å²) >= 11 is 2.08. The summed E-state index contributed by atoms with van der Waals surface area (Å²) in [6.07, 6.45) is -4.03. The Morgan fingerprint density at radius 2 is 1.81 bits per heavy atom. The van der Waals surface area contributed by atoms with Crippen LogP contribution in [0.4, 0.5) is 17.6 Å². The molecule has 1 aromatic carbocycles. The Labute approximate surface area is 248 Å². The van der Waals surface area contributed by atoms with Crippen LogP contribution in [0.1, 0.15) is 24.0 Å². The predicted octanol–water partition coefficient (Wildman–Crippen LogP) is 3.16. The summed E-state index contributed by atoms with van der Waals surface area (Å²) in [5.41, 5.74) is -1.87. The summed E-state index contributed by atoms with van der Waals surface area (Å²) < 4.78 is 63.0. The number of ether oxygens (including phenoxy) is 1. The number of carbonyl (C=O) groups excluding carboxylic acids is 2. The van der Waals surface area contributed by atoms with Gasteiger partial charge >= 0.3 is 17.8 Å². The Morgan fingerprint density at radius 1 is 1.09 bits per heavy atom. The molecule has 4 aromatic rings. The molecule has 1 aliphatic heterocycles. The molecule has 0 saturated carbocycles. The molecule has 0 aliphatic carbocycles. The average Bonchev–Trinajstić information content (AvgIpc) is 3.57. The van der Waals surface area contributed by atoms with Gasteiger partial charge in [0, 0.05) is 25.0 Å². The van der Waals surface area contributed by atoms with Crippen LogP contribution in [0, 0.1) is 11.7 Å². The van der Waals surface area contributed by atoms with Crippen molar-refractivity contribution in [3.05, 3.63) is 71.5 Å². The third-order valence-electron chi connectivity index (χ3n) is 7.18. The summed E-state index contributed by atoms with van der Waals surface area (Å²) in [6.45, 7) is 0.872. The highest BCUT2D eigenvalue weighted by atomic mass is 32.1. The molecule has 1 fully saturated rings. The zero-order valence-electron chi connectivity index (χ0n) is 22.9. The highest BCUT2D eigenvalue weighted by Crippen LogP contribution is 2.33. The summed E-state index contributed by atoms with van der Waals surface area (Å²) in [5, 5.41) is 6.43. The Morgan fingerprint density at radius 3 is 2.49 bits per heavy atom. The van der Waals surface area contributed by atoms with Crippen molar-refractivity contribution in [1.29, 1.82) is 0 Å². The van der Waals surface area contributed by atoms with Crippen LogP contribution in [-0.4, -0.2) is 38.7 Å². The SMILES string of the molecule is Cn1c(=O)c2c(CC(=O)/N=c3\scc(-c4ccc(C(F)(F)F)c(F)c4)n3COC(=O)C3CCNCC3)csc2n(C)c1=O. The van der Waals surface area contributed by atoms with E-state index in [1.807, 2.05) is 0 Å². The minimum atomic E-state index is -4.89. The minimum Gasteiger partial charge on any atom is -0.444 e. The molecule has 0 spiro atoms. The van der Waals surface area contributed by atoms with Crippen molar-refractivity contribution < 1.29 is 31.9 Å². The van der Waals surface area contributed by atoms with Gasteiger partial charge in [0.1, 0.15) is 10.6 Å². The van der Waals surface area contributed by atoms with Gasteiger partial charge in [-0.15, -0.1) is 22.7 Å². The Bertz CT molecular complexity index is 1910. The third-order valence-corrected chi connectivity index (χ3v) is 9.15. The first-order chi connectivity index (χ1) is 20.4. The molecule has 1 N–H and O–H groups in total. The normalized spacial score (nSPS) is 14.9. The standard InChI is InChI=1S/C27H25F4N5O5S2/c1-34-22(38)21-16(11-42-23(21)35(2)26(34)40)10-20(37)33-25-36(13-41-24(39)14-5-7-32-8-6-14)19(12-43-25)15-3-4-17(18(28)9-15)27(29,30)31/h3-4,9,11-12,14,32H,5-8,10,13H2,1-2H3/b33-25-. The van der Waals surface area contributed by atoms with E-state index in [0.717, 1.165) is 39.4 Å². The monoisotopic (exact) mass is 639 g/mol. The molecule has 1 aliphatic rings. The van der Waals surface area contributed by atoms with Gasteiger partial charge in [-0.25, -0.2) is 9.18 Å². The van der Waals surface area contributed by atoms with Gasteiger partial charge in [0.05, 0.1) is 29.0 Å². The van der Waals surface area contributed by atoms with Crippen molar-refractivity contribution in [2.45, 2.75) is 32.2 Å². The van der Waals surface area contributed by atoms with Gasteiger partial charge in [0.15, 0.2) is 11.5 Å². The second-order valence-electron chi connectivity index (χ2n) is 9.97. The third kappa shape index (κ3) is 6.12. The first-order valence-corrected chi connectivity index (χ1v) is 14.8. The molecule has 228 valence electrons. The van der Waals surface area contributed by atoms with Crippen molar-refractivity contribution >= 4 is 44.8 Å². The fourth-order valence-electron chi connectivity index (χ4n) is 4.85. The van der Waals surface area contributed by atoms with Crippen LogP contribution in [0.2, 0.25) is 0 Å². The van der Waals surface area contributed by atoms with Crippen LogP contribution in [0.3, 0.4) is 0 Å². The number of nitrogens with one attached hydrogen (secondary N) is 1. The van der Waals surface area contributed by atoms with E-state index in [-0.39, 0.29) is 33.8 Å². The predicted molar refractivity (Wildman–Crippen MR) is 151 cm³/mol. The van der Waals surface area contributed by atoms with Crippen LogP contribution in [0.15, 0.2) is 43.5 Å². The largest absolute Gasteiger partial charge is 0.444 e. The maximum absolute atomic E-state index is 14.4. The topological polar surface area (TPSA) is 117 Å². The van der Waals surface area contributed by atoms with Gasteiger partial charge in [0.2, 0.25) is 0 Å². The highest BCUT2D eigenvalue weighted by molar-refractivity contribution is 7.17. The molecule has 43 heavy (non-hydrogen) atoms. The summed E-state index contributed by atoms with van der Waals surface area (Å²) in [4.78, 5) is 55.5. The molecule has 10 nitrogen and oxygen atoms in total. The Kier molecular flexibility index (Phi) is 8.54. The fraction of sp³-hybridized carbons (Fsp3) is 0.370. The fourth-order valence-corrected chi connectivity index (χ4v) is 6.79. The highest BCUT2D eigenvalue weighted by Gasteiger charge is 2.34. The first kappa shape index (κ1) is 30.6. The number of fused-ring (bicyclic) bond motifs is 1. The number of nitrogens with zero attached hydrogens (tertiary/aromatic N) is 4. The number of alkyl halides is 3. The number of thiazole rings is 1. The van der Waals surface area contributed by atoms with Crippen molar-refractivity contribution in [2.75, 3.05) is 13.1 Å². The molecule has 0 atom stereocenters. The number of piperidine rings is 1. The van der Waals surface area contributed by atoms with Crippen molar-refractivity contribution in [3.63, 3.8) is 0 Å². The van der Waals surface area contributed by atoms with E-state index < -0.39 is 47.4 Å². The van der Waals surface area contributed by atoms with Crippen LogP contribution in [0.25, 0.3) is 21.5 Å². The van der Waals surface area contributed by atoms with Gasteiger partial charge in [-0.05, 0) is 49.0 Å². The molecule has 3 aromatic heterocycles. The van der Waals surface area contributed by atoms with Crippen LogP contribution in [-0.2, 0) is 47.7 Å². The lowest BCUT2D eigenvalue weighted by Gasteiger charge is -2.21. The smallest absolute Gasteiger partial charge is 0.419 e. The number of thiophene rings is 1. The summed E-state index contributed by atoms with van der Waals surface area (Å²) in [6, 6.07) is 2.42. The second kappa shape index (κ2) is 12.0. The Balaban J connectivity index is 1.51. The van der Waals surface area contributed by atoms with Crippen molar-refractivity contribution in [2.24, 2.45) is 25.0 Å². The zero-order valence-corrected chi connectivity index (χ0v) is 24.5. The maximum Gasteiger partial charge on any atom is 0.419 e. The van der Waals surface area contributed by atoms with E-state index in [1.165, 1.54) is 28.6 Å². The number of hydrogen-bond donors (Lipinski definition) is 1. The first-order valence-electron chi connectivity index (χ1n) is 13.0. The summed E-state index contributed by atoms with van der Waals surface area (Å²) in [7, 11) is 2.85. The number of hydrogen-bond acceptors (Lipinski definition) is 8. The molecular weight excluding hydrogens is 614 g/mol. The average molecular weight is 640 g/mol. The maximum atomic E-state index is 14.4. The van der Waals surface area contributed by atoms with Gasteiger partial charge < -0.3 is 10.1 Å². The number of carbonyl (C=O) groups is 2. The number of aromatic nitrogens is 3. The Hall–Kier alpha value is -3.89. The number of aryl methyl sites for hydroxylation is 1. The zero-order chi connectivity index (χ0) is 31.1. The quantitative estimate of drug-likeness (QED) is 0.256. The number of rotatable bonds is 6. The van der Waals surface area contributed by atoms with Crippen LogP contribution >= 0.6 is 22.7 Å². The van der Waals surface area contributed by atoms with Gasteiger partial charge in [-0.1, -0.05) is 6.07 Å². The molecule has 0 bridgehead atoms. The van der Waals surface area contributed by atoms with E-state index in [9.17, 15) is 36.7 Å². The number of esters is 1. The molecule has 4 heterocycles. The van der Waals surface area contributed by atoms with Crippen LogP contribution in [0.5, 0.6) is 0 Å². The van der Waals surface area contributed by atoms with E-state index in [4.69, 9.17) is 4.74 Å². The molecule has 16 heteroatoms. The van der Waals surface area contributed by atoms with Gasteiger partial charge in [-0.3, -0.25) is 28.1 Å². The van der Waals surface area contributed by atoms with Gasteiger partial charge in [-0.2, -0.15) is 18.2 Å². The second-order valence-corrected chi connectivity index (χ2v) is 11.7. The van der Waals surface area contributed by atoms with Crippen molar-refractivity contribution in [1.82, 2.24) is 19.0 Å². The minimum absolute atomic E-state index is 0.0539. The lowest BCUT2D eigenvalue weighted by atomic mass is 9.99. The van der Waals surface area contributed by atoms with E-state index in [1.54, 1.807) is 5.38 Å². The van der Waals surface area contributed by atoms with Gasteiger partial charge in [0.25, 0.3) is 11.5 Å². The van der Waals surface area contributed by atoms with E-state index in [0.29, 0.717) is 42.4 Å². The molecular formula is C27H25F4N5O5S2. The summed E-state index contributed by atoms with van der Waals surface area (Å²) in [5.74, 6) is -2.97. The van der Waals surface area contributed by atoms with E-state index >= 15 is 0 Å². The number of amides is 1. The number of benzene rings is 1. The van der Waals surface area contributed by atoms with E-state index in [2.05, 4.69) is 10.3 Å². The molecule has 0 radical (unpaired) electrons. The van der Waals surface area contributed by atoms with Crippen LogP contribution < -0.4 is 21.4 Å². The lowest BCUT2D eigenvalue weighted by Crippen LogP contribution is -2.36. The molecule has 1 saturated heterocycles. The molecule has 0 unspecified atom stereocenters. The van der Waals surface area contributed by atoms with Crippen molar-refractivity contribution in [3.8, 4) is 11.3 Å². The lowest BCUT2D eigenvalue weighted by molar-refractivity contribution is -0.153. The molecule has 5 rings (SSSR count). The number of halogens is 4.